The zero-order valence-corrected chi connectivity index (χ0v) is 16.6. The van der Waals surface area contributed by atoms with Gasteiger partial charge in [0.25, 0.3) is 5.91 Å². The van der Waals surface area contributed by atoms with E-state index >= 15 is 0 Å². The first-order chi connectivity index (χ1) is 12.4. The minimum absolute atomic E-state index is 0.162. The molecule has 2 aromatic carbocycles. The predicted molar refractivity (Wildman–Crippen MR) is 103 cm³/mol. The number of halogens is 1. The van der Waals surface area contributed by atoms with Crippen molar-refractivity contribution in [3.8, 4) is 0 Å². The highest BCUT2D eigenvalue weighted by Crippen LogP contribution is 2.24. The number of aryl methyl sites for hydroxylation is 1. The van der Waals surface area contributed by atoms with E-state index in [-0.39, 0.29) is 10.8 Å². The maximum atomic E-state index is 12.8. The van der Waals surface area contributed by atoms with Gasteiger partial charge in [0.05, 0.1) is 18.1 Å². The van der Waals surface area contributed by atoms with Crippen molar-refractivity contribution >= 4 is 37.5 Å². The molecule has 1 N–H and O–H groups in total. The van der Waals surface area contributed by atoms with Gasteiger partial charge in [-0.3, -0.25) is 4.79 Å². The van der Waals surface area contributed by atoms with Gasteiger partial charge >= 0.3 is 0 Å². The second kappa shape index (κ2) is 7.87. The monoisotopic (exact) mass is 438 g/mol. The molecule has 1 amide bonds. The smallest absolute Gasteiger partial charge is 0.255 e. The largest absolute Gasteiger partial charge is 0.379 e. The molecule has 1 saturated heterocycles. The molecule has 2 aromatic rings. The number of ether oxygens (including phenoxy) is 1. The van der Waals surface area contributed by atoms with E-state index < -0.39 is 10.0 Å². The molecule has 0 atom stereocenters. The Morgan fingerprint density at radius 1 is 1.15 bits per heavy atom. The summed E-state index contributed by atoms with van der Waals surface area (Å²) >= 11 is 3.34. The molecule has 26 heavy (non-hydrogen) atoms. The van der Waals surface area contributed by atoms with Gasteiger partial charge in [-0.2, -0.15) is 4.31 Å². The van der Waals surface area contributed by atoms with Gasteiger partial charge in [-0.05, 0) is 42.8 Å². The van der Waals surface area contributed by atoms with Crippen LogP contribution in [-0.4, -0.2) is 44.9 Å². The molecule has 1 aliphatic heterocycles. The lowest BCUT2D eigenvalue weighted by Crippen LogP contribution is -2.40. The van der Waals surface area contributed by atoms with Crippen molar-refractivity contribution in [2.24, 2.45) is 0 Å². The second-order valence-corrected chi connectivity index (χ2v) is 8.81. The number of amides is 1. The third kappa shape index (κ3) is 4.15. The SMILES string of the molecule is Cc1ccc(S(=O)(=O)N2CCOCC2)cc1NC(=O)c1cccc(Br)c1. The third-order valence-corrected chi connectivity index (χ3v) is 6.54. The summed E-state index contributed by atoms with van der Waals surface area (Å²) in [5, 5.41) is 2.80. The number of nitrogens with one attached hydrogen (secondary N) is 1. The molecule has 0 saturated carbocycles. The zero-order valence-electron chi connectivity index (χ0n) is 14.2. The summed E-state index contributed by atoms with van der Waals surface area (Å²) in [7, 11) is -3.61. The number of anilines is 1. The van der Waals surface area contributed by atoms with E-state index in [1.54, 1.807) is 30.3 Å². The molecule has 0 spiro atoms. The molecule has 0 aliphatic carbocycles. The fourth-order valence-corrected chi connectivity index (χ4v) is 4.49. The Morgan fingerprint density at radius 2 is 1.88 bits per heavy atom. The number of hydrogen-bond donors (Lipinski definition) is 1. The Morgan fingerprint density at radius 3 is 2.58 bits per heavy atom. The maximum Gasteiger partial charge on any atom is 0.255 e. The summed E-state index contributed by atoms with van der Waals surface area (Å²) in [6.07, 6.45) is 0. The number of hydrogen-bond acceptors (Lipinski definition) is 4. The van der Waals surface area contributed by atoms with E-state index in [2.05, 4.69) is 21.2 Å². The van der Waals surface area contributed by atoms with E-state index in [0.29, 0.717) is 37.6 Å². The minimum atomic E-state index is -3.61. The lowest BCUT2D eigenvalue weighted by Gasteiger charge is -2.26. The van der Waals surface area contributed by atoms with Gasteiger partial charge in [0.1, 0.15) is 0 Å². The number of rotatable bonds is 4. The minimum Gasteiger partial charge on any atom is -0.379 e. The van der Waals surface area contributed by atoms with Gasteiger partial charge in [-0.15, -0.1) is 0 Å². The molecule has 8 heteroatoms. The molecular formula is C18H19BrN2O4S. The van der Waals surface area contributed by atoms with E-state index in [0.717, 1.165) is 10.0 Å². The van der Waals surface area contributed by atoms with Crippen molar-refractivity contribution in [1.29, 1.82) is 0 Å². The first kappa shape index (κ1) is 19.0. The van der Waals surface area contributed by atoms with Crippen LogP contribution < -0.4 is 5.32 Å². The number of carbonyl (C=O) groups excluding carboxylic acids is 1. The molecule has 1 heterocycles. The summed E-state index contributed by atoms with van der Waals surface area (Å²) < 4.78 is 33.0. The van der Waals surface area contributed by atoms with Crippen LogP contribution >= 0.6 is 15.9 Å². The number of carbonyl (C=O) groups is 1. The number of sulfonamides is 1. The van der Waals surface area contributed by atoms with Crippen molar-refractivity contribution in [1.82, 2.24) is 4.31 Å². The van der Waals surface area contributed by atoms with Crippen molar-refractivity contribution in [2.45, 2.75) is 11.8 Å². The van der Waals surface area contributed by atoms with Crippen molar-refractivity contribution in [2.75, 3.05) is 31.6 Å². The van der Waals surface area contributed by atoms with Crippen LogP contribution in [0.25, 0.3) is 0 Å². The molecule has 1 aliphatic rings. The standard InChI is InChI=1S/C18H19BrN2O4S/c1-13-5-6-16(26(23,24)21-7-9-25-10-8-21)12-17(13)20-18(22)14-3-2-4-15(19)11-14/h2-6,11-12H,7-10H2,1H3,(H,20,22). The highest BCUT2D eigenvalue weighted by atomic mass is 79.9. The summed E-state index contributed by atoms with van der Waals surface area (Å²) in [6.45, 7) is 3.25. The number of morpholine rings is 1. The highest BCUT2D eigenvalue weighted by Gasteiger charge is 2.26. The van der Waals surface area contributed by atoms with Crippen LogP contribution in [0.4, 0.5) is 5.69 Å². The second-order valence-electron chi connectivity index (χ2n) is 5.96. The quantitative estimate of drug-likeness (QED) is 0.795. The van der Waals surface area contributed by atoms with Crippen LogP contribution in [0.15, 0.2) is 51.8 Å². The first-order valence-electron chi connectivity index (χ1n) is 8.13. The van der Waals surface area contributed by atoms with Crippen molar-refractivity contribution in [3.05, 3.63) is 58.1 Å². The first-order valence-corrected chi connectivity index (χ1v) is 10.4. The summed E-state index contributed by atoms with van der Waals surface area (Å²) in [6, 6.07) is 11.8. The topological polar surface area (TPSA) is 75.7 Å². The Labute approximate surface area is 161 Å². The number of benzene rings is 2. The zero-order chi connectivity index (χ0) is 18.7. The molecule has 0 bridgehead atoms. The molecule has 6 nitrogen and oxygen atoms in total. The Bertz CT molecular complexity index is 925. The van der Waals surface area contributed by atoms with E-state index in [1.165, 1.54) is 10.4 Å². The molecule has 0 radical (unpaired) electrons. The average Bonchev–Trinajstić information content (AvgIpc) is 2.64. The molecule has 1 fully saturated rings. The van der Waals surface area contributed by atoms with Gasteiger partial charge in [-0.1, -0.05) is 28.1 Å². The van der Waals surface area contributed by atoms with Crippen LogP contribution in [-0.2, 0) is 14.8 Å². The van der Waals surface area contributed by atoms with E-state index in [4.69, 9.17) is 4.74 Å². The van der Waals surface area contributed by atoms with Crippen LogP contribution in [0, 0.1) is 6.92 Å². The molecule has 3 rings (SSSR count). The van der Waals surface area contributed by atoms with E-state index in [9.17, 15) is 13.2 Å². The Hall–Kier alpha value is -1.74. The lowest BCUT2D eigenvalue weighted by atomic mass is 10.1. The maximum absolute atomic E-state index is 12.8. The van der Waals surface area contributed by atoms with E-state index in [1.807, 2.05) is 13.0 Å². The van der Waals surface area contributed by atoms with Crippen molar-refractivity contribution in [3.63, 3.8) is 0 Å². The van der Waals surface area contributed by atoms with Crippen LogP contribution in [0.5, 0.6) is 0 Å². The molecule has 0 unspecified atom stereocenters. The predicted octanol–water partition coefficient (Wildman–Crippen LogP) is 3.03. The van der Waals surface area contributed by atoms with Gasteiger partial charge in [0.15, 0.2) is 0 Å². The average molecular weight is 439 g/mol. The van der Waals surface area contributed by atoms with Gasteiger partial charge in [0, 0.05) is 28.8 Å². The summed E-state index contributed by atoms with van der Waals surface area (Å²) in [4.78, 5) is 12.6. The van der Waals surface area contributed by atoms with Gasteiger partial charge in [0.2, 0.25) is 10.0 Å². The number of nitrogens with zero attached hydrogens (tertiary/aromatic N) is 1. The van der Waals surface area contributed by atoms with Crippen LogP contribution in [0.1, 0.15) is 15.9 Å². The van der Waals surface area contributed by atoms with Crippen molar-refractivity contribution < 1.29 is 17.9 Å². The van der Waals surface area contributed by atoms with Crippen LogP contribution in [0.2, 0.25) is 0 Å². The Balaban J connectivity index is 1.87. The molecule has 138 valence electrons. The molecule has 0 aromatic heterocycles. The fraction of sp³-hybridized carbons (Fsp3) is 0.278. The third-order valence-electron chi connectivity index (χ3n) is 4.15. The van der Waals surface area contributed by atoms with Gasteiger partial charge < -0.3 is 10.1 Å². The highest BCUT2D eigenvalue weighted by molar-refractivity contribution is 9.10. The molecular weight excluding hydrogens is 420 g/mol. The fourth-order valence-electron chi connectivity index (χ4n) is 2.66. The normalized spacial score (nSPS) is 15.6. The lowest BCUT2D eigenvalue weighted by molar-refractivity contribution is 0.0730. The summed E-state index contributed by atoms with van der Waals surface area (Å²) in [5.74, 6) is -0.296. The summed E-state index contributed by atoms with van der Waals surface area (Å²) in [5.41, 5.74) is 1.75. The Kier molecular flexibility index (Phi) is 5.76. The van der Waals surface area contributed by atoms with Gasteiger partial charge in [-0.25, -0.2) is 8.42 Å². The van der Waals surface area contributed by atoms with Crippen LogP contribution in [0.3, 0.4) is 0 Å².